The number of nitrogens with zero attached hydrogens (tertiary/aromatic N) is 1. The van der Waals surface area contributed by atoms with E-state index in [1.807, 2.05) is 0 Å². The zero-order valence-corrected chi connectivity index (χ0v) is 14.5. The molecule has 0 bridgehead atoms. The number of allylic oxidation sites excluding steroid dienone is 1. The minimum Gasteiger partial charge on any atom is -0.506 e. The molecule has 0 aromatic heterocycles. The third kappa shape index (κ3) is 5.42. The first kappa shape index (κ1) is 21.9. The minimum atomic E-state index is -5.11. The van der Waals surface area contributed by atoms with Crippen LogP contribution in [-0.4, -0.2) is 16.4 Å². The molecule has 1 rings (SSSR count). The summed E-state index contributed by atoms with van der Waals surface area (Å²) in [5.74, 6) is -2.14. The molecule has 0 unspecified atom stereocenters. The summed E-state index contributed by atoms with van der Waals surface area (Å²) in [6.45, 7) is 4.19. The fourth-order valence-corrected chi connectivity index (χ4v) is 2.46. The summed E-state index contributed by atoms with van der Waals surface area (Å²) in [5.41, 5.74) is -9.40. The van der Waals surface area contributed by atoms with Crippen LogP contribution in [0.5, 0.6) is 0 Å². The minimum absolute atomic E-state index is 0.209. The fourth-order valence-electron chi connectivity index (χ4n) is 1.88. The molecule has 0 fully saturated rings. The molecule has 0 saturated heterocycles. The smallest absolute Gasteiger partial charge is 0.446 e. The van der Waals surface area contributed by atoms with Gasteiger partial charge in [-0.05, 0) is 30.0 Å². The molecule has 0 aliphatic rings. The van der Waals surface area contributed by atoms with Crippen molar-refractivity contribution in [3.8, 4) is 6.07 Å². The molecule has 0 radical (unpaired) electrons. The van der Waals surface area contributed by atoms with Crippen molar-refractivity contribution >= 4 is 23.3 Å². The van der Waals surface area contributed by atoms with E-state index in [4.69, 9.17) is 5.26 Å². The molecule has 142 valence electrons. The molecular formula is C16H13F6NO2S. The number of nitriles is 1. The van der Waals surface area contributed by atoms with E-state index in [9.17, 15) is 36.2 Å². The van der Waals surface area contributed by atoms with Crippen molar-refractivity contribution in [3.63, 3.8) is 0 Å². The van der Waals surface area contributed by atoms with Crippen LogP contribution < -0.4 is 0 Å². The summed E-state index contributed by atoms with van der Waals surface area (Å²) >= 11 is -0.753. The highest BCUT2D eigenvalue weighted by Crippen LogP contribution is 2.42. The molecule has 1 aromatic carbocycles. The van der Waals surface area contributed by atoms with Crippen LogP contribution in [0.3, 0.4) is 0 Å². The number of aliphatic hydroxyl groups excluding tert-OH is 1. The van der Waals surface area contributed by atoms with E-state index < -0.39 is 62.0 Å². The highest BCUT2D eigenvalue weighted by molar-refractivity contribution is 8.00. The van der Waals surface area contributed by atoms with E-state index in [2.05, 4.69) is 0 Å². The number of ketones is 1. The van der Waals surface area contributed by atoms with Crippen molar-refractivity contribution in [3.05, 3.63) is 34.9 Å². The first-order valence-electron chi connectivity index (χ1n) is 6.93. The lowest BCUT2D eigenvalue weighted by Gasteiger charge is -2.18. The van der Waals surface area contributed by atoms with Crippen molar-refractivity contribution < 1.29 is 36.2 Å². The van der Waals surface area contributed by atoms with Crippen LogP contribution in [0.1, 0.15) is 31.9 Å². The average Bonchev–Trinajstić information content (AvgIpc) is 2.44. The Morgan fingerprint density at radius 1 is 1.12 bits per heavy atom. The van der Waals surface area contributed by atoms with E-state index in [1.165, 1.54) is 26.8 Å². The molecule has 26 heavy (non-hydrogen) atoms. The van der Waals surface area contributed by atoms with Gasteiger partial charge in [0.05, 0.1) is 5.56 Å². The van der Waals surface area contributed by atoms with Gasteiger partial charge in [-0.15, -0.1) is 0 Å². The van der Waals surface area contributed by atoms with Gasteiger partial charge in [-0.25, -0.2) is 0 Å². The third-order valence-corrected chi connectivity index (χ3v) is 3.76. The predicted octanol–water partition coefficient (Wildman–Crippen LogP) is 5.73. The van der Waals surface area contributed by atoms with E-state index in [-0.39, 0.29) is 6.07 Å². The number of thioether (sulfide) groups is 1. The monoisotopic (exact) mass is 397 g/mol. The summed E-state index contributed by atoms with van der Waals surface area (Å²) in [4.78, 5) is 11.4. The molecule has 0 amide bonds. The van der Waals surface area contributed by atoms with Crippen LogP contribution in [0.25, 0.3) is 5.76 Å². The first-order chi connectivity index (χ1) is 11.6. The van der Waals surface area contributed by atoms with Gasteiger partial charge < -0.3 is 5.11 Å². The number of hydrogen-bond acceptors (Lipinski definition) is 4. The number of carbonyl (C=O) groups is 1. The van der Waals surface area contributed by atoms with E-state index in [1.54, 1.807) is 0 Å². The van der Waals surface area contributed by atoms with E-state index in [0.29, 0.717) is 6.07 Å². The Balaban J connectivity index is 3.64. The van der Waals surface area contributed by atoms with Crippen LogP contribution in [0.4, 0.5) is 26.3 Å². The van der Waals surface area contributed by atoms with Crippen LogP contribution in [0, 0.1) is 16.7 Å². The third-order valence-electron chi connectivity index (χ3n) is 3.04. The van der Waals surface area contributed by atoms with Gasteiger partial charge in [-0.3, -0.25) is 4.79 Å². The number of alkyl halides is 6. The Labute approximate surface area is 149 Å². The average molecular weight is 397 g/mol. The largest absolute Gasteiger partial charge is 0.506 e. The van der Waals surface area contributed by atoms with E-state index in [0.717, 1.165) is 6.07 Å². The second-order valence-corrected chi connectivity index (χ2v) is 7.31. The van der Waals surface area contributed by atoms with Crippen molar-refractivity contribution in [2.75, 3.05) is 0 Å². The van der Waals surface area contributed by atoms with Crippen LogP contribution in [-0.2, 0) is 11.0 Å². The van der Waals surface area contributed by atoms with Gasteiger partial charge >= 0.3 is 11.7 Å². The highest BCUT2D eigenvalue weighted by atomic mass is 32.2. The summed E-state index contributed by atoms with van der Waals surface area (Å²) in [7, 11) is 0. The highest BCUT2D eigenvalue weighted by Gasteiger charge is 2.38. The molecule has 1 N–H and O–H groups in total. The summed E-state index contributed by atoms with van der Waals surface area (Å²) in [5, 5.41) is 19.2. The Hall–Kier alpha value is -2.15. The van der Waals surface area contributed by atoms with Gasteiger partial charge in [-0.1, -0.05) is 20.8 Å². The van der Waals surface area contributed by atoms with Crippen LogP contribution >= 0.6 is 11.8 Å². The Bertz CT molecular complexity index is 782. The van der Waals surface area contributed by atoms with Gasteiger partial charge in [0.25, 0.3) is 0 Å². The fraction of sp³-hybridized carbons (Fsp3) is 0.375. The number of rotatable bonds is 3. The van der Waals surface area contributed by atoms with E-state index >= 15 is 0 Å². The number of aliphatic hydroxyl groups is 1. The number of hydrogen-bond donors (Lipinski definition) is 1. The quantitative estimate of drug-likeness (QED) is 0.233. The Morgan fingerprint density at radius 3 is 2.04 bits per heavy atom. The van der Waals surface area contributed by atoms with Gasteiger partial charge in [0, 0.05) is 15.9 Å². The molecule has 0 heterocycles. The Kier molecular flexibility index (Phi) is 6.09. The SMILES string of the molecule is CC(C)(C)C(=O)/C(C#N)=C(\O)c1ccc(SC(F)(F)F)cc1C(F)(F)F. The summed E-state index contributed by atoms with van der Waals surface area (Å²) < 4.78 is 76.8. The number of Topliss-reactive ketones (excluding diaryl/α,β-unsaturated/α-hetero) is 1. The van der Waals surface area contributed by atoms with Gasteiger partial charge in [-0.2, -0.15) is 31.6 Å². The van der Waals surface area contributed by atoms with Crippen molar-refractivity contribution in [1.29, 1.82) is 5.26 Å². The number of benzene rings is 1. The van der Waals surface area contributed by atoms with Crippen LogP contribution in [0.15, 0.2) is 28.7 Å². The normalized spacial score (nSPS) is 13.8. The first-order valence-corrected chi connectivity index (χ1v) is 7.75. The maximum absolute atomic E-state index is 13.2. The second kappa shape index (κ2) is 7.23. The van der Waals surface area contributed by atoms with Crippen molar-refractivity contribution in [1.82, 2.24) is 0 Å². The molecule has 10 heteroatoms. The van der Waals surface area contributed by atoms with Crippen LogP contribution in [0.2, 0.25) is 0 Å². The lowest BCUT2D eigenvalue weighted by atomic mass is 9.85. The maximum atomic E-state index is 13.2. The predicted molar refractivity (Wildman–Crippen MR) is 83.0 cm³/mol. The molecule has 0 aliphatic carbocycles. The van der Waals surface area contributed by atoms with Gasteiger partial charge in [0.1, 0.15) is 17.4 Å². The lowest BCUT2D eigenvalue weighted by Crippen LogP contribution is -2.23. The molecule has 1 aromatic rings. The topological polar surface area (TPSA) is 61.1 Å². The summed E-state index contributed by atoms with van der Waals surface area (Å²) in [6.07, 6.45) is -5.11. The van der Waals surface area contributed by atoms with Gasteiger partial charge in [0.15, 0.2) is 5.78 Å². The molecule has 0 atom stereocenters. The molecule has 0 spiro atoms. The lowest BCUT2D eigenvalue weighted by molar-refractivity contribution is -0.138. The number of carbonyl (C=O) groups excluding carboxylic acids is 1. The Morgan fingerprint density at radius 2 is 1.65 bits per heavy atom. The maximum Gasteiger partial charge on any atom is 0.446 e. The number of halogens is 6. The molecule has 0 aliphatic heterocycles. The summed E-state index contributed by atoms with van der Waals surface area (Å²) in [6, 6.07) is 2.89. The van der Waals surface area contributed by atoms with Gasteiger partial charge in [0.2, 0.25) is 0 Å². The van der Waals surface area contributed by atoms with Crippen molar-refractivity contribution in [2.24, 2.45) is 5.41 Å². The zero-order chi connectivity index (χ0) is 20.5. The molecule has 3 nitrogen and oxygen atoms in total. The van der Waals surface area contributed by atoms with Crippen molar-refractivity contribution in [2.45, 2.75) is 37.4 Å². The molecule has 0 saturated carbocycles. The molecular weight excluding hydrogens is 384 g/mol. The standard InChI is InChI=1S/C16H13F6NO2S/c1-14(2,3)13(25)10(7-23)12(24)9-5-4-8(26-16(20,21)22)6-11(9)15(17,18)19/h4-6,24H,1-3H3/b12-10-. The second-order valence-electron chi connectivity index (χ2n) is 6.17. The zero-order valence-electron chi connectivity index (χ0n) is 13.7.